The minimum absolute atomic E-state index is 0.0512. The van der Waals surface area contributed by atoms with Gasteiger partial charge in [-0.2, -0.15) is 5.26 Å². The number of hydrogen-bond acceptors (Lipinski definition) is 5. The lowest BCUT2D eigenvalue weighted by molar-refractivity contribution is -0.129. The van der Waals surface area contributed by atoms with E-state index in [9.17, 15) is 4.79 Å². The molecular weight excluding hydrogens is 342 g/mol. The molecule has 0 aliphatic carbocycles. The smallest absolute Gasteiger partial charge is 0.254 e. The summed E-state index contributed by atoms with van der Waals surface area (Å²) in [5.74, 6) is 0.235. The minimum atomic E-state index is -0.291. The van der Waals surface area contributed by atoms with Crippen molar-refractivity contribution in [1.82, 2.24) is 9.88 Å². The monoisotopic (exact) mass is 363 g/mol. The third kappa shape index (κ3) is 3.57. The molecule has 2 aliphatic rings. The van der Waals surface area contributed by atoms with Gasteiger partial charge in [0, 0.05) is 30.5 Å². The van der Waals surface area contributed by atoms with Gasteiger partial charge in [-0.3, -0.25) is 9.78 Å². The largest absolute Gasteiger partial charge is 0.376 e. The Bertz CT molecular complexity index is 856. The molecule has 3 heterocycles. The van der Waals surface area contributed by atoms with E-state index in [0.29, 0.717) is 44.0 Å². The zero-order chi connectivity index (χ0) is 18.7. The third-order valence-electron chi connectivity index (χ3n) is 5.38. The van der Waals surface area contributed by atoms with E-state index in [1.165, 1.54) is 0 Å². The van der Waals surface area contributed by atoms with Crippen molar-refractivity contribution in [3.05, 3.63) is 65.5 Å². The lowest BCUT2D eigenvalue weighted by Gasteiger charge is -2.50. The number of nitriles is 1. The van der Waals surface area contributed by atoms with Gasteiger partial charge in [-0.1, -0.05) is 6.07 Å². The first-order valence-corrected chi connectivity index (χ1v) is 9.10. The van der Waals surface area contributed by atoms with Crippen molar-refractivity contribution >= 4 is 5.91 Å². The number of aromatic nitrogens is 1. The van der Waals surface area contributed by atoms with Crippen LogP contribution in [0.15, 0.2) is 48.8 Å². The van der Waals surface area contributed by atoms with Gasteiger partial charge in [0.05, 0.1) is 37.9 Å². The summed E-state index contributed by atoms with van der Waals surface area (Å²) < 4.78 is 11.9. The first kappa shape index (κ1) is 17.7. The Morgan fingerprint density at radius 1 is 1.33 bits per heavy atom. The van der Waals surface area contributed by atoms with Crippen LogP contribution in [0.2, 0.25) is 0 Å². The number of hydrogen-bond donors (Lipinski definition) is 0. The fraction of sp³-hybridized carbons (Fsp3) is 0.381. The number of benzene rings is 1. The molecule has 1 atom stereocenters. The van der Waals surface area contributed by atoms with Crippen LogP contribution in [0, 0.1) is 17.2 Å². The number of ether oxygens (including phenoxy) is 2. The van der Waals surface area contributed by atoms with Crippen molar-refractivity contribution < 1.29 is 14.3 Å². The molecule has 6 nitrogen and oxygen atoms in total. The molecule has 1 aromatic carbocycles. The maximum Gasteiger partial charge on any atom is 0.254 e. The first-order chi connectivity index (χ1) is 13.2. The van der Waals surface area contributed by atoms with Crippen molar-refractivity contribution in [2.24, 2.45) is 5.92 Å². The molecule has 2 saturated heterocycles. The molecule has 2 fully saturated rings. The molecule has 1 amide bonds. The predicted octanol–water partition coefficient (Wildman–Crippen LogP) is 2.40. The summed E-state index contributed by atoms with van der Waals surface area (Å²) in [5, 5.41) is 9.01. The zero-order valence-electron chi connectivity index (χ0n) is 15.0. The lowest BCUT2D eigenvalue weighted by atomic mass is 9.81. The van der Waals surface area contributed by atoms with Gasteiger partial charge in [0.1, 0.15) is 5.60 Å². The second-order valence-corrected chi connectivity index (χ2v) is 7.12. The maximum atomic E-state index is 12.7. The van der Waals surface area contributed by atoms with Crippen LogP contribution >= 0.6 is 0 Å². The SMILES string of the molecule is N#Cc1cccc(C(=O)N2CC3(C2)OCC[C@@H]3COCc2ccncc2)c1. The van der Waals surface area contributed by atoms with Gasteiger partial charge >= 0.3 is 0 Å². The van der Waals surface area contributed by atoms with E-state index in [4.69, 9.17) is 14.7 Å². The summed E-state index contributed by atoms with van der Waals surface area (Å²) in [6, 6.07) is 12.8. The van der Waals surface area contributed by atoms with Crippen LogP contribution in [-0.4, -0.2) is 47.7 Å². The van der Waals surface area contributed by atoms with Gasteiger partial charge in [-0.05, 0) is 42.3 Å². The fourth-order valence-corrected chi connectivity index (χ4v) is 3.82. The Kier molecular flexibility index (Phi) is 4.88. The first-order valence-electron chi connectivity index (χ1n) is 9.10. The average Bonchev–Trinajstić information content (AvgIpc) is 3.11. The summed E-state index contributed by atoms with van der Waals surface area (Å²) in [6.45, 7) is 3.03. The molecule has 138 valence electrons. The van der Waals surface area contributed by atoms with E-state index < -0.39 is 0 Å². The summed E-state index contributed by atoms with van der Waals surface area (Å²) >= 11 is 0. The normalized spacial score (nSPS) is 20.3. The quantitative estimate of drug-likeness (QED) is 0.815. The van der Waals surface area contributed by atoms with Crippen molar-refractivity contribution in [1.29, 1.82) is 5.26 Å². The van der Waals surface area contributed by atoms with Crippen LogP contribution in [0.5, 0.6) is 0 Å². The molecule has 0 bridgehead atoms. The number of rotatable bonds is 5. The minimum Gasteiger partial charge on any atom is -0.376 e. The molecular formula is C21H21N3O3. The zero-order valence-corrected chi connectivity index (χ0v) is 15.0. The number of nitrogens with zero attached hydrogens (tertiary/aromatic N) is 3. The van der Waals surface area contributed by atoms with E-state index in [0.717, 1.165) is 12.0 Å². The molecule has 1 aromatic heterocycles. The van der Waals surface area contributed by atoms with E-state index >= 15 is 0 Å². The molecule has 2 aromatic rings. The molecule has 27 heavy (non-hydrogen) atoms. The standard InChI is InChI=1S/C21H21N3O3/c22-11-17-2-1-3-18(10-17)20(25)24-14-21(15-24)19(6-9-27-21)13-26-12-16-4-7-23-8-5-16/h1-5,7-8,10,19H,6,9,12-15H2/t19-/m1/s1. The van der Waals surface area contributed by atoms with Crippen LogP contribution in [-0.2, 0) is 16.1 Å². The highest BCUT2D eigenvalue weighted by atomic mass is 16.5. The van der Waals surface area contributed by atoms with Crippen molar-refractivity contribution in [3.8, 4) is 6.07 Å². The summed E-state index contributed by atoms with van der Waals surface area (Å²) in [4.78, 5) is 18.5. The number of amides is 1. The predicted molar refractivity (Wildman–Crippen MR) is 97.7 cm³/mol. The van der Waals surface area contributed by atoms with Crippen molar-refractivity contribution in [2.75, 3.05) is 26.3 Å². The average molecular weight is 363 g/mol. The van der Waals surface area contributed by atoms with E-state index in [1.807, 2.05) is 12.1 Å². The molecule has 0 saturated carbocycles. The highest BCUT2D eigenvalue weighted by Crippen LogP contribution is 2.40. The topological polar surface area (TPSA) is 75.5 Å². The third-order valence-corrected chi connectivity index (χ3v) is 5.38. The van der Waals surface area contributed by atoms with Gasteiger partial charge < -0.3 is 14.4 Å². The summed E-state index contributed by atoms with van der Waals surface area (Å²) in [6.07, 6.45) is 4.47. The molecule has 2 aliphatic heterocycles. The molecule has 1 spiro atoms. The fourth-order valence-electron chi connectivity index (χ4n) is 3.82. The van der Waals surface area contributed by atoms with Gasteiger partial charge in [-0.15, -0.1) is 0 Å². The van der Waals surface area contributed by atoms with E-state index in [2.05, 4.69) is 11.1 Å². The van der Waals surface area contributed by atoms with E-state index in [-0.39, 0.29) is 17.4 Å². The van der Waals surface area contributed by atoms with Crippen LogP contribution in [0.1, 0.15) is 27.9 Å². The second kappa shape index (κ2) is 7.47. The number of likely N-dealkylation sites (tertiary alicyclic amines) is 1. The van der Waals surface area contributed by atoms with Crippen LogP contribution < -0.4 is 0 Å². The highest BCUT2D eigenvalue weighted by molar-refractivity contribution is 5.95. The number of pyridine rings is 1. The van der Waals surface area contributed by atoms with Gasteiger partial charge in [0.25, 0.3) is 5.91 Å². The molecule has 4 rings (SSSR count). The van der Waals surface area contributed by atoms with E-state index in [1.54, 1.807) is 41.6 Å². The highest BCUT2D eigenvalue weighted by Gasteiger charge is 2.54. The molecule has 0 radical (unpaired) electrons. The Hall–Kier alpha value is -2.75. The van der Waals surface area contributed by atoms with Crippen LogP contribution in [0.3, 0.4) is 0 Å². The van der Waals surface area contributed by atoms with Gasteiger partial charge in [-0.25, -0.2) is 0 Å². The second-order valence-electron chi connectivity index (χ2n) is 7.12. The Labute approximate surface area is 158 Å². The van der Waals surface area contributed by atoms with Gasteiger partial charge in [0.15, 0.2) is 0 Å². The number of carbonyl (C=O) groups excluding carboxylic acids is 1. The molecule has 0 N–H and O–H groups in total. The summed E-state index contributed by atoms with van der Waals surface area (Å²) in [7, 11) is 0. The van der Waals surface area contributed by atoms with Crippen molar-refractivity contribution in [3.63, 3.8) is 0 Å². The van der Waals surface area contributed by atoms with Crippen molar-refractivity contribution in [2.45, 2.75) is 18.6 Å². The number of carbonyl (C=O) groups is 1. The Balaban J connectivity index is 1.33. The Morgan fingerprint density at radius 3 is 2.93 bits per heavy atom. The molecule has 6 heteroatoms. The lowest BCUT2D eigenvalue weighted by Crippen LogP contribution is -2.66. The Morgan fingerprint density at radius 2 is 2.15 bits per heavy atom. The van der Waals surface area contributed by atoms with Crippen LogP contribution in [0.25, 0.3) is 0 Å². The summed E-state index contributed by atoms with van der Waals surface area (Å²) in [5.41, 5.74) is 1.85. The molecule has 0 unspecified atom stereocenters. The maximum absolute atomic E-state index is 12.7. The van der Waals surface area contributed by atoms with Crippen LogP contribution in [0.4, 0.5) is 0 Å². The van der Waals surface area contributed by atoms with Gasteiger partial charge in [0.2, 0.25) is 0 Å².